The molecule has 70 heavy (non-hydrogen) atoms. The summed E-state index contributed by atoms with van der Waals surface area (Å²) in [5.74, 6) is -1.51. The Kier molecular flexibility index (Phi) is 10.4. The van der Waals surface area contributed by atoms with Crippen molar-refractivity contribution in [1.29, 1.82) is 0 Å². The van der Waals surface area contributed by atoms with Crippen LogP contribution in [0.3, 0.4) is 0 Å². The quantitative estimate of drug-likeness (QED) is 0.149. The largest absolute Gasteiger partial charge is 0.356 e. The summed E-state index contributed by atoms with van der Waals surface area (Å²) in [6, 6.07) is 80.6. The molecule has 2 saturated heterocycles. The molecule has 342 valence electrons. The highest BCUT2D eigenvalue weighted by Gasteiger charge is 2.69. The molecule has 6 heteroatoms. The van der Waals surface area contributed by atoms with E-state index in [0.29, 0.717) is 0 Å². The normalized spacial score (nSPS) is 21.6. The summed E-state index contributed by atoms with van der Waals surface area (Å²) >= 11 is 0. The highest BCUT2D eigenvalue weighted by molar-refractivity contribution is 7.47. The maximum absolute atomic E-state index is 8.69. The molecular formula is C64H52NO4P. The van der Waals surface area contributed by atoms with Gasteiger partial charge in [-0.1, -0.05) is 224 Å². The van der Waals surface area contributed by atoms with Crippen LogP contribution < -0.4 is 0 Å². The van der Waals surface area contributed by atoms with Crippen LogP contribution in [0.15, 0.2) is 231 Å². The van der Waals surface area contributed by atoms with Gasteiger partial charge in [0.1, 0.15) is 18.0 Å². The van der Waals surface area contributed by atoms with Gasteiger partial charge in [0.2, 0.25) is 8.38 Å². The van der Waals surface area contributed by atoms with Crippen molar-refractivity contribution >= 4 is 57.5 Å². The van der Waals surface area contributed by atoms with Crippen LogP contribution in [-0.2, 0) is 29.7 Å². The van der Waals surface area contributed by atoms with Crippen molar-refractivity contribution in [2.24, 2.45) is 0 Å². The van der Waals surface area contributed by atoms with Crippen molar-refractivity contribution in [3.05, 3.63) is 270 Å². The summed E-state index contributed by atoms with van der Waals surface area (Å²) in [4.78, 5) is 2.48. The van der Waals surface area contributed by atoms with Crippen LogP contribution in [0.25, 0.3) is 49.2 Å². The van der Waals surface area contributed by atoms with Gasteiger partial charge in [-0.25, -0.2) is 0 Å². The molecule has 0 N–H and O–H groups in total. The van der Waals surface area contributed by atoms with Crippen molar-refractivity contribution in [2.75, 3.05) is 0 Å². The molecule has 4 unspecified atom stereocenters. The first-order valence-electron chi connectivity index (χ1n) is 24.4. The third-order valence-electron chi connectivity index (χ3n) is 15.0. The van der Waals surface area contributed by atoms with E-state index in [2.05, 4.69) is 249 Å². The van der Waals surface area contributed by atoms with Crippen LogP contribution in [0.4, 0.5) is 0 Å². The summed E-state index contributed by atoms with van der Waals surface area (Å²) in [5, 5.41) is 8.70. The Balaban J connectivity index is 1.22. The molecule has 0 bridgehead atoms. The predicted molar refractivity (Wildman–Crippen MR) is 285 cm³/mol. The SMILES string of the molecule is CC(c1ccccc1)N1C=Cc2ccccc2C1P1OC(c2cccc3ccccc23)(c2cccc3ccccc23)C2OC(C)(C)OC2C(c2cccc3ccccc23)(c2cccc3ccccc23)O1. The lowest BCUT2D eigenvalue weighted by atomic mass is 9.69. The second kappa shape index (κ2) is 16.9. The van der Waals surface area contributed by atoms with E-state index < -0.39 is 43.4 Å². The van der Waals surface area contributed by atoms with Crippen LogP contribution in [0, 0.1) is 0 Å². The van der Waals surface area contributed by atoms with Gasteiger partial charge in [0.15, 0.2) is 17.0 Å². The van der Waals surface area contributed by atoms with Gasteiger partial charge in [0, 0.05) is 6.20 Å². The van der Waals surface area contributed by atoms with Gasteiger partial charge in [-0.15, -0.1) is 0 Å². The smallest absolute Gasteiger partial charge is 0.202 e. The highest BCUT2D eigenvalue weighted by Crippen LogP contribution is 2.72. The number of benzene rings is 10. The van der Waals surface area contributed by atoms with Gasteiger partial charge in [-0.3, -0.25) is 0 Å². The zero-order valence-corrected chi connectivity index (χ0v) is 40.2. The molecule has 0 aliphatic carbocycles. The van der Waals surface area contributed by atoms with Crippen LogP contribution >= 0.6 is 8.38 Å². The first-order chi connectivity index (χ1) is 34.3. The zero-order chi connectivity index (χ0) is 47.0. The minimum absolute atomic E-state index is 0.0753. The zero-order valence-electron chi connectivity index (χ0n) is 39.4. The van der Waals surface area contributed by atoms with Gasteiger partial charge < -0.3 is 23.4 Å². The lowest BCUT2D eigenvalue weighted by Gasteiger charge is -2.46. The Morgan fingerprint density at radius 2 is 0.800 bits per heavy atom. The molecule has 13 rings (SSSR count). The van der Waals surface area contributed by atoms with E-state index in [-0.39, 0.29) is 6.04 Å². The summed E-state index contributed by atoms with van der Waals surface area (Å²) in [6.07, 6.45) is 2.92. The average Bonchev–Trinajstić information content (AvgIpc) is 3.70. The monoisotopic (exact) mass is 929 g/mol. The molecule has 0 radical (unpaired) electrons. The number of hydrogen-bond acceptors (Lipinski definition) is 5. The fourth-order valence-corrected chi connectivity index (χ4v) is 14.3. The second-order valence-corrected chi connectivity index (χ2v) is 20.8. The topological polar surface area (TPSA) is 40.2 Å². The van der Waals surface area contributed by atoms with Gasteiger partial charge in [0.25, 0.3) is 0 Å². The lowest BCUT2D eigenvalue weighted by Crippen LogP contribution is -2.54. The summed E-state index contributed by atoms with van der Waals surface area (Å²) < 4.78 is 32.9. The minimum Gasteiger partial charge on any atom is -0.356 e. The fourth-order valence-electron chi connectivity index (χ4n) is 11.9. The minimum atomic E-state index is -2.10. The number of rotatable bonds is 7. The molecule has 0 spiro atoms. The molecule has 0 saturated carbocycles. The molecule has 0 amide bonds. The van der Waals surface area contributed by atoms with Crippen molar-refractivity contribution in [3.8, 4) is 0 Å². The van der Waals surface area contributed by atoms with E-state index >= 15 is 0 Å². The van der Waals surface area contributed by atoms with Crippen LogP contribution in [0.1, 0.15) is 71.5 Å². The third kappa shape index (κ3) is 6.72. The van der Waals surface area contributed by atoms with Crippen molar-refractivity contribution in [1.82, 2.24) is 4.90 Å². The van der Waals surface area contributed by atoms with E-state index in [1.807, 2.05) is 13.8 Å². The highest BCUT2D eigenvalue weighted by atomic mass is 31.2. The van der Waals surface area contributed by atoms with Gasteiger partial charge in [-0.2, -0.15) is 0 Å². The molecule has 4 atom stereocenters. The molecule has 10 aromatic carbocycles. The Bertz CT molecular complexity index is 3280. The summed E-state index contributed by atoms with van der Waals surface area (Å²) in [7, 11) is -2.10. The molecule has 10 aromatic rings. The van der Waals surface area contributed by atoms with Crippen molar-refractivity contribution in [2.45, 2.75) is 61.8 Å². The third-order valence-corrected chi connectivity index (χ3v) is 16.9. The maximum Gasteiger partial charge on any atom is 0.202 e. The Morgan fingerprint density at radius 1 is 0.429 bits per heavy atom. The van der Waals surface area contributed by atoms with Gasteiger partial charge >= 0.3 is 0 Å². The molecule has 0 aromatic heterocycles. The van der Waals surface area contributed by atoms with E-state index in [0.717, 1.165) is 76.5 Å². The standard InChI is InChI=1S/C64H52NO4P/c1-43(44-21-5-4-6-22-44)65-42-41-49-27-11-16-36-54(49)61(65)70-68-63(55-37-17-28-45-23-7-12-32-50(45)55,56-38-18-29-46-24-8-13-33-51(46)56)59-60(67-62(2,3)66-59)64(69-70,57-39-19-30-47-25-9-14-34-52(47)57)58-40-20-31-48-26-10-15-35-53(48)58/h4-43,59-61H,1-3H3. The summed E-state index contributed by atoms with van der Waals surface area (Å²) in [6.45, 7) is 6.39. The van der Waals surface area contributed by atoms with Crippen LogP contribution in [-0.4, -0.2) is 22.9 Å². The molecular weight excluding hydrogens is 878 g/mol. The van der Waals surface area contributed by atoms with E-state index in [4.69, 9.17) is 18.5 Å². The van der Waals surface area contributed by atoms with E-state index in [1.165, 1.54) is 5.56 Å². The van der Waals surface area contributed by atoms with Gasteiger partial charge in [0.05, 0.1) is 6.04 Å². The average molecular weight is 930 g/mol. The molecule has 2 fully saturated rings. The summed E-state index contributed by atoms with van der Waals surface area (Å²) in [5.41, 5.74) is 4.70. The first kappa shape index (κ1) is 43.1. The van der Waals surface area contributed by atoms with Crippen LogP contribution in [0.2, 0.25) is 0 Å². The number of fused-ring (bicyclic) bond motifs is 6. The van der Waals surface area contributed by atoms with Crippen molar-refractivity contribution < 1.29 is 18.5 Å². The molecule has 3 aliphatic rings. The molecule has 3 aliphatic heterocycles. The maximum atomic E-state index is 8.69. The fraction of sp³-hybridized carbons (Fsp3) is 0.156. The molecule has 3 heterocycles. The predicted octanol–water partition coefficient (Wildman–Crippen LogP) is 16.1. The lowest BCUT2D eigenvalue weighted by molar-refractivity contribution is -0.174. The van der Waals surface area contributed by atoms with E-state index in [9.17, 15) is 0 Å². The van der Waals surface area contributed by atoms with Crippen molar-refractivity contribution in [3.63, 3.8) is 0 Å². The Hall–Kier alpha value is -6.95. The Labute approximate surface area is 410 Å². The van der Waals surface area contributed by atoms with E-state index in [1.54, 1.807) is 0 Å². The van der Waals surface area contributed by atoms with Crippen LogP contribution in [0.5, 0.6) is 0 Å². The first-order valence-corrected chi connectivity index (χ1v) is 25.6. The Morgan fingerprint density at radius 3 is 1.24 bits per heavy atom. The number of hydrogen-bond donors (Lipinski definition) is 0. The second-order valence-electron chi connectivity index (χ2n) is 19.4. The number of ether oxygens (including phenoxy) is 2. The van der Waals surface area contributed by atoms with Gasteiger partial charge in [-0.05, 0) is 109 Å². The molecule has 5 nitrogen and oxygen atoms in total. The number of nitrogens with zero attached hydrogens (tertiary/aromatic N) is 1.